The maximum Gasteiger partial charge on any atom is 0.269 e. The van der Waals surface area contributed by atoms with Crippen molar-refractivity contribution in [2.75, 3.05) is 0 Å². The Balaban J connectivity index is 1.79. The number of aromatic nitrogens is 1. The van der Waals surface area contributed by atoms with Crippen LogP contribution in [0.3, 0.4) is 0 Å². The molecule has 0 spiro atoms. The number of nitrogens with one attached hydrogen (secondary N) is 1. The summed E-state index contributed by atoms with van der Waals surface area (Å²) in [6.45, 7) is 1.75. The number of carbonyl (C=O) groups excluding carboxylic acids is 1. The van der Waals surface area contributed by atoms with Crippen LogP contribution in [0.5, 0.6) is 0 Å². The number of benzene rings is 1. The Labute approximate surface area is 134 Å². The summed E-state index contributed by atoms with van der Waals surface area (Å²) in [5, 5.41) is 17.4. The zero-order valence-corrected chi connectivity index (χ0v) is 12.7. The summed E-state index contributed by atoms with van der Waals surface area (Å²) >= 11 is 1.16. The number of nitro groups is 1. The molecule has 2 heterocycles. The molecule has 0 radical (unpaired) electrons. The molecule has 0 aliphatic carbocycles. The molecule has 1 aliphatic rings. The van der Waals surface area contributed by atoms with Gasteiger partial charge in [-0.3, -0.25) is 14.9 Å². The average molecular weight is 330 g/mol. The van der Waals surface area contributed by atoms with Crippen molar-refractivity contribution in [2.24, 2.45) is 4.99 Å². The molecule has 9 heteroatoms. The summed E-state index contributed by atoms with van der Waals surface area (Å²) in [5.74, 6) is 0.717. The van der Waals surface area contributed by atoms with Gasteiger partial charge in [0.2, 0.25) is 0 Å². The Morgan fingerprint density at radius 1 is 1.39 bits per heavy atom. The number of non-ortho nitro benzene ring substituents is 1. The summed E-state index contributed by atoms with van der Waals surface area (Å²) in [6, 6.07) is 7.58. The molecule has 2 aromatic rings. The van der Waals surface area contributed by atoms with Gasteiger partial charge in [-0.2, -0.15) is 0 Å². The van der Waals surface area contributed by atoms with E-state index in [-0.39, 0.29) is 11.6 Å². The van der Waals surface area contributed by atoms with Gasteiger partial charge >= 0.3 is 0 Å². The fourth-order valence-corrected chi connectivity index (χ4v) is 2.66. The number of thioether (sulfide) groups is 1. The average Bonchev–Trinajstić information content (AvgIpc) is 3.06. The number of amides is 1. The molecule has 0 saturated carbocycles. The van der Waals surface area contributed by atoms with E-state index in [4.69, 9.17) is 4.52 Å². The Kier molecular flexibility index (Phi) is 3.94. The molecule has 0 atom stereocenters. The van der Waals surface area contributed by atoms with Crippen molar-refractivity contribution >= 4 is 40.4 Å². The zero-order valence-electron chi connectivity index (χ0n) is 11.8. The molecular formula is C14H10N4O4S. The third-order valence-corrected chi connectivity index (χ3v) is 3.79. The van der Waals surface area contributed by atoms with Crippen molar-refractivity contribution in [3.63, 3.8) is 0 Å². The van der Waals surface area contributed by atoms with E-state index >= 15 is 0 Å². The number of hydrogen-bond donors (Lipinski definition) is 1. The zero-order chi connectivity index (χ0) is 16.4. The first kappa shape index (κ1) is 15.0. The summed E-state index contributed by atoms with van der Waals surface area (Å²) in [7, 11) is 0. The topological polar surface area (TPSA) is 111 Å². The van der Waals surface area contributed by atoms with E-state index < -0.39 is 4.92 Å². The van der Waals surface area contributed by atoms with Gasteiger partial charge in [0.15, 0.2) is 11.0 Å². The maximum atomic E-state index is 11.9. The Morgan fingerprint density at radius 3 is 2.74 bits per heavy atom. The summed E-state index contributed by atoms with van der Waals surface area (Å²) in [6.07, 6.45) is 1.64. The highest BCUT2D eigenvalue weighted by Gasteiger charge is 2.24. The quantitative estimate of drug-likeness (QED) is 0.526. The van der Waals surface area contributed by atoms with Crippen LogP contribution in [-0.2, 0) is 4.79 Å². The Morgan fingerprint density at radius 2 is 2.13 bits per heavy atom. The first-order chi connectivity index (χ1) is 11.0. The van der Waals surface area contributed by atoms with Crippen LogP contribution in [0, 0.1) is 17.0 Å². The van der Waals surface area contributed by atoms with Crippen LogP contribution in [0.15, 0.2) is 44.8 Å². The van der Waals surface area contributed by atoms with Crippen LogP contribution < -0.4 is 5.32 Å². The van der Waals surface area contributed by atoms with Crippen LogP contribution in [0.2, 0.25) is 0 Å². The van der Waals surface area contributed by atoms with E-state index in [1.54, 1.807) is 31.2 Å². The molecule has 0 bridgehead atoms. The SMILES string of the molecule is Cc1cc(N=C2NC(=O)/C(=C/c3ccc([N+](=O)[O-])cc3)S2)no1. The second-order valence-electron chi connectivity index (χ2n) is 4.63. The highest BCUT2D eigenvalue weighted by atomic mass is 32.2. The molecule has 116 valence electrons. The van der Waals surface area contributed by atoms with E-state index in [2.05, 4.69) is 15.5 Å². The molecule has 1 aromatic heterocycles. The highest BCUT2D eigenvalue weighted by molar-refractivity contribution is 8.18. The molecule has 1 amide bonds. The number of hydrogen-bond acceptors (Lipinski definition) is 7. The second-order valence-corrected chi connectivity index (χ2v) is 5.66. The van der Waals surface area contributed by atoms with E-state index in [0.717, 1.165) is 11.8 Å². The van der Waals surface area contributed by atoms with Crippen molar-refractivity contribution in [3.05, 3.63) is 56.7 Å². The van der Waals surface area contributed by atoms with Crippen molar-refractivity contribution in [1.82, 2.24) is 10.5 Å². The number of amidine groups is 1. The summed E-state index contributed by atoms with van der Waals surface area (Å²) < 4.78 is 4.91. The minimum Gasteiger partial charge on any atom is -0.359 e. The second kappa shape index (κ2) is 6.05. The number of aliphatic imine (C=N–C) groups is 1. The molecule has 8 nitrogen and oxygen atoms in total. The van der Waals surface area contributed by atoms with Gasteiger partial charge in [0.25, 0.3) is 11.6 Å². The van der Waals surface area contributed by atoms with E-state index in [0.29, 0.717) is 27.2 Å². The number of nitrogens with zero attached hydrogens (tertiary/aromatic N) is 3. The number of aryl methyl sites for hydroxylation is 1. The van der Waals surface area contributed by atoms with Crippen molar-refractivity contribution in [3.8, 4) is 0 Å². The third kappa shape index (κ3) is 3.46. The Bertz CT molecular complexity index is 839. The largest absolute Gasteiger partial charge is 0.359 e. The van der Waals surface area contributed by atoms with Gasteiger partial charge < -0.3 is 9.84 Å². The lowest BCUT2D eigenvalue weighted by molar-refractivity contribution is -0.384. The van der Waals surface area contributed by atoms with Crippen LogP contribution in [-0.4, -0.2) is 21.2 Å². The monoisotopic (exact) mass is 330 g/mol. The molecule has 1 N–H and O–H groups in total. The number of rotatable bonds is 3. The van der Waals surface area contributed by atoms with Crippen LogP contribution in [0.1, 0.15) is 11.3 Å². The fourth-order valence-electron chi connectivity index (χ4n) is 1.83. The molecular weight excluding hydrogens is 320 g/mol. The van der Waals surface area contributed by atoms with Crippen molar-refractivity contribution < 1.29 is 14.2 Å². The lowest BCUT2D eigenvalue weighted by atomic mass is 10.2. The van der Waals surface area contributed by atoms with Gasteiger partial charge in [0.1, 0.15) is 5.76 Å². The van der Waals surface area contributed by atoms with Crippen LogP contribution >= 0.6 is 11.8 Å². The molecule has 0 unspecified atom stereocenters. The van der Waals surface area contributed by atoms with Gasteiger partial charge in [-0.1, -0.05) is 5.16 Å². The minimum atomic E-state index is -0.474. The van der Waals surface area contributed by atoms with Gasteiger partial charge in [0, 0.05) is 18.2 Å². The number of carbonyl (C=O) groups is 1. The fraction of sp³-hybridized carbons (Fsp3) is 0.0714. The van der Waals surface area contributed by atoms with Crippen molar-refractivity contribution in [2.45, 2.75) is 6.92 Å². The third-order valence-electron chi connectivity index (χ3n) is 2.88. The summed E-state index contributed by atoms with van der Waals surface area (Å²) in [4.78, 5) is 26.7. The Hall–Kier alpha value is -2.94. The van der Waals surface area contributed by atoms with Gasteiger partial charge in [0.05, 0.1) is 9.83 Å². The molecule has 1 aliphatic heterocycles. The first-order valence-electron chi connectivity index (χ1n) is 6.48. The van der Waals surface area contributed by atoms with Crippen LogP contribution in [0.25, 0.3) is 6.08 Å². The predicted molar refractivity (Wildman–Crippen MR) is 85.1 cm³/mol. The van der Waals surface area contributed by atoms with Gasteiger partial charge in [-0.25, -0.2) is 4.99 Å². The first-order valence-corrected chi connectivity index (χ1v) is 7.30. The molecule has 1 fully saturated rings. The minimum absolute atomic E-state index is 0.000620. The van der Waals surface area contributed by atoms with Crippen molar-refractivity contribution in [1.29, 1.82) is 0 Å². The standard InChI is InChI=1S/C14H10N4O4S/c1-8-6-12(17-22-8)15-14-16-13(19)11(23-14)7-9-2-4-10(5-3-9)18(20)21/h2-7H,1H3,(H,15,16,17,19)/b11-7-. The van der Waals surface area contributed by atoms with E-state index in [1.807, 2.05) is 0 Å². The molecule has 1 saturated heterocycles. The maximum absolute atomic E-state index is 11.9. The molecule has 1 aromatic carbocycles. The summed E-state index contributed by atoms with van der Waals surface area (Å²) in [5.41, 5.74) is 0.686. The van der Waals surface area contributed by atoms with Gasteiger partial charge in [-0.05, 0) is 42.5 Å². The lowest BCUT2D eigenvalue weighted by Gasteiger charge is -1.95. The van der Waals surface area contributed by atoms with Crippen LogP contribution in [0.4, 0.5) is 11.5 Å². The van der Waals surface area contributed by atoms with E-state index in [9.17, 15) is 14.9 Å². The lowest BCUT2D eigenvalue weighted by Crippen LogP contribution is -2.19. The predicted octanol–water partition coefficient (Wildman–Crippen LogP) is 2.78. The highest BCUT2D eigenvalue weighted by Crippen LogP contribution is 2.28. The van der Waals surface area contributed by atoms with E-state index in [1.165, 1.54) is 12.1 Å². The smallest absolute Gasteiger partial charge is 0.269 e. The number of nitro benzene ring substituents is 1. The molecule has 3 rings (SSSR count). The normalized spacial score (nSPS) is 17.7. The van der Waals surface area contributed by atoms with Gasteiger partial charge in [-0.15, -0.1) is 0 Å². The molecule has 23 heavy (non-hydrogen) atoms.